The predicted molar refractivity (Wildman–Crippen MR) is 88.7 cm³/mol. The molecule has 0 aliphatic carbocycles. The van der Waals surface area contributed by atoms with Crippen molar-refractivity contribution in [2.75, 3.05) is 13.2 Å². The normalized spacial score (nSPS) is 22.1. The van der Waals surface area contributed by atoms with Crippen molar-refractivity contribution in [3.8, 4) is 0 Å². The SMILES string of the molecule is CCOC(=O)/C=C/[C@H]1OC(=O)O[C@@H]1CCO[Si](C)(C)C(C)(C)C. The quantitative estimate of drug-likeness (QED) is 0.400. The van der Waals surface area contributed by atoms with Crippen molar-refractivity contribution in [2.45, 2.75) is 64.5 Å². The van der Waals surface area contributed by atoms with Crippen molar-refractivity contribution >= 4 is 20.4 Å². The van der Waals surface area contributed by atoms with Crippen molar-refractivity contribution in [3.05, 3.63) is 12.2 Å². The van der Waals surface area contributed by atoms with Gasteiger partial charge < -0.3 is 18.6 Å². The third-order valence-corrected chi connectivity index (χ3v) is 8.76. The van der Waals surface area contributed by atoms with Crippen LogP contribution in [-0.2, 0) is 23.4 Å². The molecular formula is C16H28O6Si. The number of ether oxygens (including phenoxy) is 3. The van der Waals surface area contributed by atoms with Crippen LogP contribution in [0.2, 0.25) is 18.1 Å². The maximum atomic E-state index is 11.3. The van der Waals surface area contributed by atoms with Crippen molar-refractivity contribution < 1.29 is 28.2 Å². The number of esters is 1. The first kappa shape index (κ1) is 19.7. The maximum absolute atomic E-state index is 11.3. The highest BCUT2D eigenvalue weighted by molar-refractivity contribution is 6.74. The summed E-state index contributed by atoms with van der Waals surface area (Å²) in [7, 11) is -1.84. The molecule has 1 aliphatic rings. The molecule has 0 bridgehead atoms. The summed E-state index contributed by atoms with van der Waals surface area (Å²) in [6.07, 6.45) is 1.53. The van der Waals surface area contributed by atoms with Crippen LogP contribution in [0.25, 0.3) is 0 Å². The molecule has 0 aromatic carbocycles. The zero-order valence-electron chi connectivity index (χ0n) is 14.9. The minimum atomic E-state index is -1.84. The van der Waals surface area contributed by atoms with Crippen LogP contribution >= 0.6 is 0 Å². The first-order valence-corrected chi connectivity index (χ1v) is 10.8. The fraction of sp³-hybridized carbons (Fsp3) is 0.750. The first-order valence-electron chi connectivity index (χ1n) is 7.93. The third kappa shape index (κ3) is 5.99. The number of rotatable bonds is 7. The summed E-state index contributed by atoms with van der Waals surface area (Å²) < 4.78 is 21.1. The van der Waals surface area contributed by atoms with Gasteiger partial charge in [-0.25, -0.2) is 9.59 Å². The van der Waals surface area contributed by atoms with E-state index in [4.69, 9.17) is 18.6 Å². The molecule has 0 aromatic heterocycles. The van der Waals surface area contributed by atoms with E-state index in [2.05, 4.69) is 33.9 Å². The third-order valence-electron chi connectivity index (χ3n) is 4.23. The van der Waals surface area contributed by atoms with E-state index >= 15 is 0 Å². The highest BCUT2D eigenvalue weighted by Gasteiger charge is 2.39. The van der Waals surface area contributed by atoms with Gasteiger partial charge in [-0.1, -0.05) is 20.8 Å². The predicted octanol–water partition coefficient (Wildman–Crippen LogP) is 3.42. The van der Waals surface area contributed by atoms with Crippen molar-refractivity contribution in [3.63, 3.8) is 0 Å². The summed E-state index contributed by atoms with van der Waals surface area (Å²) in [5.74, 6) is -0.466. The van der Waals surface area contributed by atoms with E-state index < -0.39 is 32.6 Å². The van der Waals surface area contributed by atoms with E-state index in [0.717, 1.165) is 0 Å². The molecule has 0 spiro atoms. The monoisotopic (exact) mass is 344 g/mol. The van der Waals surface area contributed by atoms with Crippen LogP contribution in [0, 0.1) is 0 Å². The lowest BCUT2D eigenvalue weighted by molar-refractivity contribution is -0.137. The molecule has 6 nitrogen and oxygen atoms in total. The summed E-state index contributed by atoms with van der Waals surface area (Å²) >= 11 is 0. The molecule has 0 N–H and O–H groups in total. The van der Waals surface area contributed by atoms with Gasteiger partial charge in [-0.3, -0.25) is 0 Å². The number of hydrogen-bond donors (Lipinski definition) is 0. The van der Waals surface area contributed by atoms with Crippen LogP contribution < -0.4 is 0 Å². The van der Waals surface area contributed by atoms with Crippen LogP contribution in [0.3, 0.4) is 0 Å². The van der Waals surface area contributed by atoms with E-state index in [1.807, 2.05) is 0 Å². The zero-order chi connectivity index (χ0) is 17.7. The van der Waals surface area contributed by atoms with Crippen molar-refractivity contribution in [1.82, 2.24) is 0 Å². The summed E-state index contributed by atoms with van der Waals surface area (Å²) in [5.41, 5.74) is 0. The molecule has 0 radical (unpaired) electrons. The van der Waals surface area contributed by atoms with Gasteiger partial charge in [-0.05, 0) is 31.1 Å². The second kappa shape index (κ2) is 7.96. The van der Waals surface area contributed by atoms with Crippen molar-refractivity contribution in [2.24, 2.45) is 0 Å². The topological polar surface area (TPSA) is 71.1 Å². The van der Waals surface area contributed by atoms with Gasteiger partial charge in [0.1, 0.15) is 6.10 Å². The summed E-state index contributed by atoms with van der Waals surface area (Å²) in [6, 6.07) is 0. The molecule has 1 aliphatic heterocycles. The molecule has 1 rings (SSSR count). The Morgan fingerprint density at radius 2 is 1.96 bits per heavy atom. The van der Waals surface area contributed by atoms with Crippen LogP contribution in [0.15, 0.2) is 12.2 Å². The molecule has 7 heteroatoms. The Bertz CT molecular complexity index is 452. The van der Waals surface area contributed by atoms with Crippen LogP contribution in [0.4, 0.5) is 4.79 Å². The molecule has 0 aromatic rings. The van der Waals surface area contributed by atoms with Gasteiger partial charge >= 0.3 is 12.1 Å². The summed E-state index contributed by atoms with van der Waals surface area (Å²) in [4.78, 5) is 22.7. The Balaban J connectivity index is 2.54. The Morgan fingerprint density at radius 1 is 1.30 bits per heavy atom. The van der Waals surface area contributed by atoms with Crippen LogP contribution in [0.1, 0.15) is 34.1 Å². The molecule has 0 amide bonds. The maximum Gasteiger partial charge on any atom is 0.509 e. The molecule has 1 saturated heterocycles. The van der Waals surface area contributed by atoms with E-state index in [9.17, 15) is 9.59 Å². The largest absolute Gasteiger partial charge is 0.509 e. The highest BCUT2D eigenvalue weighted by Crippen LogP contribution is 2.36. The lowest BCUT2D eigenvalue weighted by Crippen LogP contribution is -2.41. The molecule has 0 saturated carbocycles. The molecule has 1 heterocycles. The van der Waals surface area contributed by atoms with Crippen molar-refractivity contribution in [1.29, 1.82) is 0 Å². The molecule has 23 heavy (non-hydrogen) atoms. The average molecular weight is 344 g/mol. The van der Waals surface area contributed by atoms with Gasteiger partial charge in [-0.15, -0.1) is 0 Å². The second-order valence-electron chi connectivity index (χ2n) is 7.00. The standard InChI is InChI=1S/C16H28O6Si/c1-7-19-14(17)9-8-12-13(22-15(18)21-12)10-11-20-23(5,6)16(2,3)4/h8-9,12-13H,7,10-11H2,1-6H3/b9-8+/t12-,13-/m1/s1. The molecule has 2 atom stereocenters. The Morgan fingerprint density at radius 3 is 2.52 bits per heavy atom. The second-order valence-corrected chi connectivity index (χ2v) is 11.8. The minimum Gasteiger partial charge on any atom is -0.463 e. The fourth-order valence-electron chi connectivity index (χ4n) is 1.80. The van der Waals surface area contributed by atoms with E-state index in [1.54, 1.807) is 6.92 Å². The van der Waals surface area contributed by atoms with Crippen LogP contribution in [0.5, 0.6) is 0 Å². The van der Waals surface area contributed by atoms with Gasteiger partial charge in [0.15, 0.2) is 14.4 Å². The van der Waals surface area contributed by atoms with Gasteiger partial charge in [0.2, 0.25) is 0 Å². The smallest absolute Gasteiger partial charge is 0.463 e. The van der Waals surface area contributed by atoms with Gasteiger partial charge in [0.25, 0.3) is 0 Å². The number of carbonyl (C=O) groups excluding carboxylic acids is 2. The lowest BCUT2D eigenvalue weighted by Gasteiger charge is -2.36. The van der Waals surface area contributed by atoms with Gasteiger partial charge in [-0.2, -0.15) is 0 Å². The number of carbonyl (C=O) groups is 2. The Labute approximate surface area is 139 Å². The Hall–Kier alpha value is -1.34. The molecular weight excluding hydrogens is 316 g/mol. The lowest BCUT2D eigenvalue weighted by atomic mass is 10.1. The molecule has 132 valence electrons. The van der Waals surface area contributed by atoms with Gasteiger partial charge in [0.05, 0.1) is 6.61 Å². The fourth-order valence-corrected chi connectivity index (χ4v) is 2.86. The summed E-state index contributed by atoms with van der Waals surface area (Å²) in [5, 5.41) is 0.124. The first-order chi connectivity index (χ1) is 10.6. The van der Waals surface area contributed by atoms with E-state index in [-0.39, 0.29) is 5.04 Å². The number of cyclic esters (lactones) is 2. The van der Waals surface area contributed by atoms with Crippen LogP contribution in [-0.4, -0.2) is 45.9 Å². The van der Waals surface area contributed by atoms with E-state index in [0.29, 0.717) is 19.6 Å². The average Bonchev–Trinajstić information content (AvgIpc) is 2.75. The zero-order valence-corrected chi connectivity index (χ0v) is 15.9. The highest BCUT2D eigenvalue weighted by atomic mass is 28.4. The number of hydrogen-bond acceptors (Lipinski definition) is 6. The van der Waals surface area contributed by atoms with Gasteiger partial charge in [0, 0.05) is 19.1 Å². The van der Waals surface area contributed by atoms with E-state index in [1.165, 1.54) is 12.2 Å². The molecule has 0 unspecified atom stereocenters. The minimum absolute atomic E-state index is 0.124. The molecule has 1 fully saturated rings. The Kier molecular flexibility index (Phi) is 6.82. The summed E-state index contributed by atoms with van der Waals surface area (Å²) in [6.45, 7) is 13.4.